The quantitative estimate of drug-likeness (QED) is 0.852. The molecule has 0 bridgehead atoms. The van der Waals surface area contributed by atoms with Gasteiger partial charge < -0.3 is 19.8 Å². The van der Waals surface area contributed by atoms with Gasteiger partial charge in [0.05, 0.1) is 11.2 Å². The molecular formula is C17H25BN4O3. The van der Waals surface area contributed by atoms with Crippen molar-refractivity contribution in [3.05, 3.63) is 30.2 Å². The fourth-order valence-electron chi connectivity index (χ4n) is 2.57. The van der Waals surface area contributed by atoms with Crippen LogP contribution in [0.4, 0.5) is 5.82 Å². The van der Waals surface area contributed by atoms with E-state index in [0.29, 0.717) is 11.6 Å². The second-order valence-corrected chi connectivity index (χ2v) is 7.41. The molecule has 0 aromatic carbocycles. The lowest BCUT2D eigenvalue weighted by Gasteiger charge is -2.32. The third kappa shape index (κ3) is 3.36. The number of nitrogens with zero attached hydrogens (tertiary/aromatic N) is 3. The fourth-order valence-corrected chi connectivity index (χ4v) is 2.57. The van der Waals surface area contributed by atoms with E-state index in [2.05, 4.69) is 10.1 Å². The van der Waals surface area contributed by atoms with Crippen LogP contribution in [0.15, 0.2) is 24.5 Å². The summed E-state index contributed by atoms with van der Waals surface area (Å²) >= 11 is 0. The van der Waals surface area contributed by atoms with Gasteiger partial charge in [-0.1, -0.05) is 0 Å². The topological polar surface area (TPSA) is 84.4 Å². The van der Waals surface area contributed by atoms with Gasteiger partial charge in [-0.05, 0) is 46.8 Å². The molecule has 1 aliphatic rings. The highest BCUT2D eigenvalue weighted by Crippen LogP contribution is 2.36. The zero-order chi connectivity index (χ0) is 18.4. The van der Waals surface area contributed by atoms with Gasteiger partial charge in [-0.2, -0.15) is 5.10 Å². The van der Waals surface area contributed by atoms with Gasteiger partial charge in [-0.3, -0.25) is 4.68 Å². The Balaban J connectivity index is 1.82. The highest BCUT2D eigenvalue weighted by Gasteiger charge is 2.52. The number of pyridine rings is 1. The predicted octanol–water partition coefficient (Wildman–Crippen LogP) is 1.84. The zero-order valence-electron chi connectivity index (χ0n) is 15.6. The van der Waals surface area contributed by atoms with Gasteiger partial charge in [0.2, 0.25) is 0 Å². The number of aryl methyl sites for hydroxylation is 1. The Kier molecular flexibility index (Phi) is 4.29. The molecule has 2 aromatic heterocycles. The van der Waals surface area contributed by atoms with Crippen LogP contribution in [0.5, 0.6) is 5.75 Å². The Morgan fingerprint density at radius 2 is 1.88 bits per heavy atom. The molecule has 134 valence electrons. The smallest absolute Gasteiger partial charge is 0.480 e. The van der Waals surface area contributed by atoms with Crippen LogP contribution in [0.3, 0.4) is 0 Å². The summed E-state index contributed by atoms with van der Waals surface area (Å²) < 4.78 is 19.8. The third-order valence-corrected chi connectivity index (χ3v) is 4.88. The maximum absolute atomic E-state index is 6.06. The van der Waals surface area contributed by atoms with E-state index >= 15 is 0 Å². The minimum atomic E-state index is -0.509. The van der Waals surface area contributed by atoms with E-state index in [-0.39, 0.29) is 6.10 Å². The zero-order valence-corrected chi connectivity index (χ0v) is 15.6. The summed E-state index contributed by atoms with van der Waals surface area (Å²) in [5, 5.41) is 4.36. The molecule has 2 N–H and O–H groups in total. The summed E-state index contributed by atoms with van der Waals surface area (Å²) in [5.74, 6) is 0.813. The molecule has 0 spiro atoms. The van der Waals surface area contributed by atoms with Crippen LogP contribution >= 0.6 is 0 Å². The highest BCUT2D eigenvalue weighted by molar-refractivity contribution is 6.62. The lowest BCUT2D eigenvalue weighted by molar-refractivity contribution is 0.00578. The van der Waals surface area contributed by atoms with Crippen molar-refractivity contribution in [1.82, 2.24) is 14.8 Å². The molecule has 25 heavy (non-hydrogen) atoms. The van der Waals surface area contributed by atoms with E-state index in [1.54, 1.807) is 10.9 Å². The van der Waals surface area contributed by atoms with Crippen LogP contribution in [0.2, 0.25) is 0 Å². The summed E-state index contributed by atoms with van der Waals surface area (Å²) in [6.45, 7) is 9.97. The lowest BCUT2D eigenvalue weighted by atomic mass is 9.80. The molecule has 0 unspecified atom stereocenters. The van der Waals surface area contributed by atoms with Gasteiger partial charge in [0.15, 0.2) is 11.6 Å². The number of aromatic nitrogens is 3. The van der Waals surface area contributed by atoms with Crippen LogP contribution in [-0.4, -0.2) is 33.1 Å². The molecule has 3 rings (SSSR count). The number of anilines is 1. The molecule has 3 heterocycles. The maximum Gasteiger partial charge on any atom is 0.496 e. The summed E-state index contributed by atoms with van der Waals surface area (Å²) in [7, 11) is 1.36. The van der Waals surface area contributed by atoms with Crippen molar-refractivity contribution in [2.24, 2.45) is 7.05 Å². The molecule has 1 saturated heterocycles. The van der Waals surface area contributed by atoms with Gasteiger partial charge >= 0.3 is 7.12 Å². The van der Waals surface area contributed by atoms with E-state index in [9.17, 15) is 0 Å². The van der Waals surface area contributed by atoms with Crippen molar-refractivity contribution in [1.29, 1.82) is 0 Å². The van der Waals surface area contributed by atoms with Gasteiger partial charge in [-0.25, -0.2) is 4.98 Å². The SMILES string of the molecule is C[C@H](Oc1cc(B2OC(C)(C)C(C)(C)O2)cnc1N)c1ccn(C)n1. The number of rotatable bonds is 4. The first-order valence-electron chi connectivity index (χ1n) is 8.36. The molecule has 8 heteroatoms. The Morgan fingerprint density at radius 3 is 2.44 bits per heavy atom. The summed E-state index contributed by atoms with van der Waals surface area (Å²) in [6.07, 6.45) is 3.28. The van der Waals surface area contributed by atoms with Crippen LogP contribution in [0, 0.1) is 0 Å². The molecule has 7 nitrogen and oxygen atoms in total. The maximum atomic E-state index is 6.06. The Labute approximate surface area is 148 Å². The first kappa shape index (κ1) is 17.8. The number of nitrogens with two attached hydrogens (primary N) is 1. The molecule has 1 aliphatic heterocycles. The molecule has 1 fully saturated rings. The highest BCUT2D eigenvalue weighted by atomic mass is 16.7. The van der Waals surface area contributed by atoms with Crippen molar-refractivity contribution in [2.45, 2.75) is 51.9 Å². The van der Waals surface area contributed by atoms with E-state index in [0.717, 1.165) is 11.2 Å². The van der Waals surface area contributed by atoms with Gasteiger partial charge in [0.25, 0.3) is 0 Å². The third-order valence-electron chi connectivity index (χ3n) is 4.88. The van der Waals surface area contributed by atoms with E-state index < -0.39 is 18.3 Å². The summed E-state index contributed by atoms with van der Waals surface area (Å²) in [4.78, 5) is 4.24. The Bertz CT molecular complexity index is 759. The molecule has 2 aromatic rings. The summed E-state index contributed by atoms with van der Waals surface area (Å²) in [5.41, 5.74) is 6.75. The lowest BCUT2D eigenvalue weighted by Crippen LogP contribution is -2.41. The monoisotopic (exact) mass is 344 g/mol. The van der Waals surface area contributed by atoms with Gasteiger partial charge in [0.1, 0.15) is 11.8 Å². The number of hydrogen-bond acceptors (Lipinski definition) is 6. The van der Waals surface area contributed by atoms with Crippen molar-refractivity contribution >= 4 is 18.4 Å². The number of nitrogen functional groups attached to an aromatic ring is 1. The summed E-state index contributed by atoms with van der Waals surface area (Å²) in [6, 6.07) is 3.73. The average Bonchev–Trinajstić information content (AvgIpc) is 3.03. The molecule has 0 saturated carbocycles. The Morgan fingerprint density at radius 1 is 1.24 bits per heavy atom. The van der Waals surface area contributed by atoms with Crippen molar-refractivity contribution in [2.75, 3.05) is 5.73 Å². The van der Waals surface area contributed by atoms with Crippen LogP contribution < -0.4 is 15.9 Å². The molecule has 0 aliphatic carbocycles. The van der Waals surface area contributed by atoms with Crippen LogP contribution in [0.25, 0.3) is 0 Å². The van der Waals surface area contributed by atoms with E-state index in [1.165, 1.54) is 0 Å². The van der Waals surface area contributed by atoms with Gasteiger partial charge in [-0.15, -0.1) is 0 Å². The van der Waals surface area contributed by atoms with E-state index in [4.69, 9.17) is 19.8 Å². The molecule has 0 amide bonds. The van der Waals surface area contributed by atoms with Crippen molar-refractivity contribution in [3.8, 4) is 5.75 Å². The minimum absolute atomic E-state index is 0.251. The van der Waals surface area contributed by atoms with Crippen LogP contribution in [-0.2, 0) is 16.4 Å². The first-order chi connectivity index (χ1) is 11.6. The molecule has 0 radical (unpaired) electrons. The van der Waals surface area contributed by atoms with E-state index in [1.807, 2.05) is 60.0 Å². The molecular weight excluding hydrogens is 319 g/mol. The number of ether oxygens (including phenoxy) is 1. The molecule has 1 atom stereocenters. The Hall–Kier alpha value is -2.06. The second kappa shape index (κ2) is 6.03. The predicted molar refractivity (Wildman–Crippen MR) is 96.6 cm³/mol. The standard InChI is InChI=1S/C17H25BN4O3/c1-11(13-7-8-22(6)21-13)23-14-9-12(10-20-15(14)19)18-24-16(2,3)17(4,5)25-18/h7-11H,1-6H3,(H2,19,20)/t11-/m0/s1. The fraction of sp³-hybridized carbons (Fsp3) is 0.529. The van der Waals surface area contributed by atoms with Crippen molar-refractivity contribution in [3.63, 3.8) is 0 Å². The average molecular weight is 344 g/mol. The van der Waals surface area contributed by atoms with Gasteiger partial charge in [0, 0.05) is 24.9 Å². The van der Waals surface area contributed by atoms with Crippen molar-refractivity contribution < 1.29 is 14.0 Å². The van der Waals surface area contributed by atoms with Crippen LogP contribution in [0.1, 0.15) is 46.4 Å². The normalized spacial score (nSPS) is 19.8. The first-order valence-corrected chi connectivity index (χ1v) is 8.36. The number of hydrogen-bond donors (Lipinski definition) is 1. The minimum Gasteiger partial charge on any atom is -0.480 e. The second-order valence-electron chi connectivity index (χ2n) is 7.41. The largest absolute Gasteiger partial charge is 0.496 e.